The molecule has 132 valence electrons. The van der Waals surface area contributed by atoms with E-state index in [1.54, 1.807) is 12.1 Å². The van der Waals surface area contributed by atoms with E-state index in [9.17, 15) is 22.8 Å². The molecule has 0 radical (unpaired) electrons. The molecule has 0 aliphatic carbocycles. The minimum absolute atomic E-state index is 0.151. The molecule has 0 bridgehead atoms. The van der Waals surface area contributed by atoms with Gasteiger partial charge in [-0.25, -0.2) is 18.0 Å². The van der Waals surface area contributed by atoms with Gasteiger partial charge < -0.3 is 14.8 Å². The molecule has 0 spiro atoms. The standard InChI is InChI=1S/C17H14F3NO4/c1-9(25-17(23)10-4-3-5-11(8-10)24-2)16(22)21-13-7-6-12(18)14(19)15(13)20/h3-9H,1-2H3,(H,21,22)/t9-/m1/s1. The first kappa shape index (κ1) is 18.3. The Labute approximate surface area is 141 Å². The van der Waals surface area contributed by atoms with Crippen LogP contribution in [0.3, 0.4) is 0 Å². The SMILES string of the molecule is COc1cccc(C(=O)O[C@H](C)C(=O)Nc2ccc(F)c(F)c2F)c1. The molecular weight excluding hydrogens is 339 g/mol. The van der Waals surface area contributed by atoms with Gasteiger partial charge in [-0.3, -0.25) is 4.79 Å². The van der Waals surface area contributed by atoms with E-state index >= 15 is 0 Å². The average molecular weight is 353 g/mol. The molecule has 1 amide bonds. The normalized spacial score (nSPS) is 11.6. The number of halogens is 3. The molecule has 0 aliphatic heterocycles. The molecule has 2 aromatic carbocycles. The maximum Gasteiger partial charge on any atom is 0.339 e. The summed E-state index contributed by atoms with van der Waals surface area (Å²) >= 11 is 0. The van der Waals surface area contributed by atoms with Gasteiger partial charge in [-0.05, 0) is 37.3 Å². The van der Waals surface area contributed by atoms with Crippen molar-refractivity contribution in [2.45, 2.75) is 13.0 Å². The Morgan fingerprint density at radius 2 is 1.80 bits per heavy atom. The van der Waals surface area contributed by atoms with Crippen molar-refractivity contribution in [1.82, 2.24) is 0 Å². The van der Waals surface area contributed by atoms with Gasteiger partial charge in [-0.1, -0.05) is 6.07 Å². The number of amides is 1. The van der Waals surface area contributed by atoms with Gasteiger partial charge in [-0.15, -0.1) is 0 Å². The van der Waals surface area contributed by atoms with Crippen molar-refractivity contribution < 1.29 is 32.2 Å². The molecule has 0 fully saturated rings. The highest BCUT2D eigenvalue weighted by molar-refractivity contribution is 5.97. The maximum absolute atomic E-state index is 13.5. The zero-order valence-corrected chi connectivity index (χ0v) is 13.3. The number of hydrogen-bond acceptors (Lipinski definition) is 4. The van der Waals surface area contributed by atoms with Crippen molar-refractivity contribution in [2.75, 3.05) is 12.4 Å². The van der Waals surface area contributed by atoms with Gasteiger partial charge in [0.15, 0.2) is 23.6 Å². The van der Waals surface area contributed by atoms with Gasteiger partial charge in [0.25, 0.3) is 5.91 Å². The van der Waals surface area contributed by atoms with Crippen molar-refractivity contribution in [3.8, 4) is 5.75 Å². The molecule has 0 unspecified atom stereocenters. The molecule has 1 N–H and O–H groups in total. The Bertz CT molecular complexity index is 810. The minimum Gasteiger partial charge on any atom is -0.497 e. The van der Waals surface area contributed by atoms with E-state index in [4.69, 9.17) is 9.47 Å². The number of rotatable bonds is 5. The monoisotopic (exact) mass is 353 g/mol. The molecule has 2 rings (SSSR count). The molecule has 0 heterocycles. The van der Waals surface area contributed by atoms with E-state index in [0.29, 0.717) is 11.8 Å². The largest absolute Gasteiger partial charge is 0.497 e. The summed E-state index contributed by atoms with van der Waals surface area (Å²) in [4.78, 5) is 24.0. The quantitative estimate of drug-likeness (QED) is 0.662. The number of nitrogens with one attached hydrogen (secondary N) is 1. The molecule has 0 saturated carbocycles. The maximum atomic E-state index is 13.5. The zero-order valence-electron chi connectivity index (χ0n) is 13.3. The van der Waals surface area contributed by atoms with Crippen molar-refractivity contribution in [2.24, 2.45) is 0 Å². The summed E-state index contributed by atoms with van der Waals surface area (Å²) in [6.45, 7) is 1.26. The molecular formula is C17H14F3NO4. The predicted molar refractivity (Wildman–Crippen MR) is 82.8 cm³/mol. The Balaban J connectivity index is 2.05. The Morgan fingerprint density at radius 1 is 1.08 bits per heavy atom. The van der Waals surface area contributed by atoms with E-state index in [0.717, 1.165) is 6.07 Å². The van der Waals surface area contributed by atoms with Crippen LogP contribution in [0.1, 0.15) is 17.3 Å². The van der Waals surface area contributed by atoms with Crippen molar-refractivity contribution in [1.29, 1.82) is 0 Å². The summed E-state index contributed by atoms with van der Waals surface area (Å²) < 4.78 is 49.5. The van der Waals surface area contributed by atoms with Crippen LogP contribution in [0.5, 0.6) is 5.75 Å². The van der Waals surface area contributed by atoms with Gasteiger partial charge in [-0.2, -0.15) is 0 Å². The number of methoxy groups -OCH3 is 1. The van der Waals surface area contributed by atoms with Crippen molar-refractivity contribution in [3.63, 3.8) is 0 Å². The van der Waals surface area contributed by atoms with E-state index < -0.39 is 41.1 Å². The summed E-state index contributed by atoms with van der Waals surface area (Å²) in [5.74, 6) is -5.91. The number of ether oxygens (including phenoxy) is 2. The fraction of sp³-hybridized carbons (Fsp3) is 0.176. The Kier molecular flexibility index (Phi) is 5.63. The lowest BCUT2D eigenvalue weighted by atomic mass is 10.2. The summed E-state index contributed by atoms with van der Waals surface area (Å²) in [6.07, 6.45) is -1.30. The topological polar surface area (TPSA) is 64.6 Å². The average Bonchev–Trinajstić information content (AvgIpc) is 2.62. The number of benzene rings is 2. The second kappa shape index (κ2) is 7.69. The van der Waals surface area contributed by atoms with Crippen LogP contribution in [0.2, 0.25) is 0 Å². The van der Waals surface area contributed by atoms with Crippen molar-refractivity contribution >= 4 is 17.6 Å². The van der Waals surface area contributed by atoms with E-state index in [1.165, 1.54) is 26.2 Å². The van der Waals surface area contributed by atoms with Crippen LogP contribution in [0.4, 0.5) is 18.9 Å². The molecule has 0 aliphatic rings. The molecule has 25 heavy (non-hydrogen) atoms. The molecule has 0 aromatic heterocycles. The van der Waals surface area contributed by atoms with Crippen LogP contribution in [0, 0.1) is 17.5 Å². The van der Waals surface area contributed by atoms with Gasteiger partial charge in [0.05, 0.1) is 18.4 Å². The summed E-state index contributed by atoms with van der Waals surface area (Å²) in [5.41, 5.74) is -0.411. The predicted octanol–water partition coefficient (Wildman–Crippen LogP) is 3.30. The Hall–Kier alpha value is -3.03. The number of anilines is 1. The van der Waals surface area contributed by atoms with Gasteiger partial charge in [0.2, 0.25) is 0 Å². The number of esters is 1. The Morgan fingerprint density at radius 3 is 2.48 bits per heavy atom. The second-order valence-corrected chi connectivity index (χ2v) is 4.99. The number of hydrogen-bond donors (Lipinski definition) is 1. The summed E-state index contributed by atoms with van der Waals surface area (Å²) in [6, 6.07) is 7.60. The van der Waals surface area contributed by atoms with E-state index in [-0.39, 0.29) is 5.56 Å². The van der Waals surface area contributed by atoms with E-state index in [2.05, 4.69) is 0 Å². The highest BCUT2D eigenvalue weighted by Gasteiger charge is 2.22. The minimum atomic E-state index is -1.71. The third-order valence-electron chi connectivity index (χ3n) is 3.25. The lowest BCUT2D eigenvalue weighted by Crippen LogP contribution is -2.30. The first-order valence-electron chi connectivity index (χ1n) is 7.13. The van der Waals surface area contributed by atoms with Gasteiger partial charge in [0.1, 0.15) is 5.75 Å². The van der Waals surface area contributed by atoms with E-state index in [1.807, 2.05) is 5.32 Å². The van der Waals surface area contributed by atoms with Crippen LogP contribution in [-0.2, 0) is 9.53 Å². The third-order valence-corrected chi connectivity index (χ3v) is 3.25. The van der Waals surface area contributed by atoms with Crippen LogP contribution in [0.25, 0.3) is 0 Å². The molecule has 8 heteroatoms. The second-order valence-electron chi connectivity index (χ2n) is 4.99. The summed E-state index contributed by atoms with van der Waals surface area (Å²) in [5, 5.41) is 2.03. The molecule has 1 atom stereocenters. The fourth-order valence-corrected chi connectivity index (χ4v) is 1.89. The highest BCUT2D eigenvalue weighted by Crippen LogP contribution is 2.20. The lowest BCUT2D eigenvalue weighted by Gasteiger charge is -2.14. The summed E-state index contributed by atoms with van der Waals surface area (Å²) in [7, 11) is 1.43. The number of carbonyl (C=O) groups is 2. The fourth-order valence-electron chi connectivity index (χ4n) is 1.89. The van der Waals surface area contributed by atoms with Crippen LogP contribution in [0.15, 0.2) is 36.4 Å². The first-order valence-corrected chi connectivity index (χ1v) is 7.13. The first-order chi connectivity index (χ1) is 11.8. The van der Waals surface area contributed by atoms with Crippen molar-refractivity contribution in [3.05, 3.63) is 59.4 Å². The van der Waals surface area contributed by atoms with Gasteiger partial charge >= 0.3 is 5.97 Å². The third kappa shape index (κ3) is 4.28. The smallest absolute Gasteiger partial charge is 0.339 e. The van der Waals surface area contributed by atoms with Gasteiger partial charge in [0, 0.05) is 0 Å². The molecule has 5 nitrogen and oxygen atoms in total. The van der Waals surface area contributed by atoms with Crippen LogP contribution >= 0.6 is 0 Å². The molecule has 0 saturated heterocycles. The molecule has 2 aromatic rings. The number of carbonyl (C=O) groups excluding carboxylic acids is 2. The lowest BCUT2D eigenvalue weighted by molar-refractivity contribution is -0.123. The van der Waals surface area contributed by atoms with Crippen LogP contribution in [-0.4, -0.2) is 25.1 Å². The zero-order chi connectivity index (χ0) is 18.6. The van der Waals surface area contributed by atoms with Crippen LogP contribution < -0.4 is 10.1 Å². The highest BCUT2D eigenvalue weighted by atomic mass is 19.2.